The predicted octanol–water partition coefficient (Wildman–Crippen LogP) is 6.54. The highest BCUT2D eigenvalue weighted by molar-refractivity contribution is 5.58. The molecule has 1 atom stereocenters. The van der Waals surface area contributed by atoms with Crippen LogP contribution < -0.4 is 5.73 Å². The van der Waals surface area contributed by atoms with Crippen molar-refractivity contribution in [3.05, 3.63) is 82.4 Å². The molecule has 1 aliphatic rings. The Labute approximate surface area is 166 Å². The summed E-state index contributed by atoms with van der Waals surface area (Å²) in [5.41, 5.74) is 14.4. The summed E-state index contributed by atoms with van der Waals surface area (Å²) in [6, 6.07) is 13.2. The second-order valence-corrected chi connectivity index (χ2v) is 9.30. The van der Waals surface area contributed by atoms with Crippen LogP contribution in [0.4, 0.5) is 0 Å². The summed E-state index contributed by atoms with van der Waals surface area (Å²) >= 11 is 0. The Bertz CT molecular complexity index is 819. The van der Waals surface area contributed by atoms with Crippen molar-refractivity contribution in [3.8, 4) is 0 Å². The molecule has 0 aromatic heterocycles. The lowest BCUT2D eigenvalue weighted by molar-refractivity contribution is 0.440. The first-order chi connectivity index (χ1) is 12.5. The lowest BCUT2D eigenvalue weighted by Crippen LogP contribution is -2.42. The molecule has 0 spiro atoms. The monoisotopic (exact) mass is 363 g/mol. The van der Waals surface area contributed by atoms with E-state index in [1.54, 1.807) is 0 Å². The molecule has 0 heterocycles. The molecule has 3 rings (SSSR count). The minimum atomic E-state index is -0.657. The van der Waals surface area contributed by atoms with E-state index >= 15 is 0 Å². The van der Waals surface area contributed by atoms with Crippen LogP contribution >= 0.6 is 0 Å². The molecule has 2 aromatic carbocycles. The van der Waals surface area contributed by atoms with E-state index in [4.69, 9.17) is 5.73 Å². The maximum atomic E-state index is 6.98. The fraction of sp³-hybridized carbons (Fsp3) is 0.462. The van der Waals surface area contributed by atoms with Crippen molar-refractivity contribution in [1.29, 1.82) is 0 Å². The minimum absolute atomic E-state index is 0.0881. The molecule has 0 fully saturated rings. The summed E-state index contributed by atoms with van der Waals surface area (Å²) in [6.45, 7) is 21.7. The Kier molecular flexibility index (Phi) is 5.78. The zero-order chi connectivity index (χ0) is 20.6. The van der Waals surface area contributed by atoms with Gasteiger partial charge in [-0.25, -0.2) is 0 Å². The van der Waals surface area contributed by atoms with E-state index in [9.17, 15) is 0 Å². The standard InChI is InChI=1S/C24H31N.C2H6/c1-8-24(25,17-11-9-16(2)10-12-17)21-14-18(22(3,4)5)13-20-19(21)15-23(20,6)7;1-2/h8-14H,1,15,25H2,2-7H3;1-2H3. The Balaban J connectivity index is 0.00000126. The third kappa shape index (κ3) is 3.75. The average molecular weight is 364 g/mol. The number of rotatable bonds is 3. The molecule has 1 nitrogen and oxygen atoms in total. The van der Waals surface area contributed by atoms with Gasteiger partial charge in [-0.05, 0) is 52.0 Å². The summed E-state index contributed by atoms with van der Waals surface area (Å²) in [7, 11) is 0. The first-order valence-corrected chi connectivity index (χ1v) is 10.2. The number of benzene rings is 2. The van der Waals surface area contributed by atoms with Crippen molar-refractivity contribution in [1.82, 2.24) is 0 Å². The second kappa shape index (κ2) is 7.28. The number of hydrogen-bond acceptors (Lipinski definition) is 1. The highest BCUT2D eigenvalue weighted by Gasteiger charge is 2.41. The molecule has 0 saturated heterocycles. The third-order valence-electron chi connectivity index (χ3n) is 5.76. The lowest BCUT2D eigenvalue weighted by Gasteiger charge is -2.44. The molecule has 0 saturated carbocycles. The smallest absolute Gasteiger partial charge is 0.0852 e. The molecule has 0 amide bonds. The van der Waals surface area contributed by atoms with Crippen molar-refractivity contribution >= 4 is 0 Å². The van der Waals surface area contributed by atoms with Crippen LogP contribution in [0.2, 0.25) is 0 Å². The molecule has 2 aromatic rings. The second-order valence-electron chi connectivity index (χ2n) is 9.30. The lowest BCUT2D eigenvalue weighted by atomic mass is 9.61. The summed E-state index contributed by atoms with van der Waals surface area (Å²) in [5.74, 6) is 0. The van der Waals surface area contributed by atoms with Crippen molar-refractivity contribution in [2.75, 3.05) is 0 Å². The molecule has 0 radical (unpaired) electrons. The van der Waals surface area contributed by atoms with Crippen LogP contribution in [0, 0.1) is 6.92 Å². The van der Waals surface area contributed by atoms with Gasteiger partial charge in [0.05, 0.1) is 5.54 Å². The van der Waals surface area contributed by atoms with E-state index in [0.717, 1.165) is 12.0 Å². The van der Waals surface area contributed by atoms with Crippen LogP contribution in [0.1, 0.15) is 81.8 Å². The van der Waals surface area contributed by atoms with Crippen LogP contribution in [0.25, 0.3) is 0 Å². The van der Waals surface area contributed by atoms with E-state index in [1.165, 1.54) is 27.8 Å². The van der Waals surface area contributed by atoms with Gasteiger partial charge in [-0.2, -0.15) is 0 Å². The Morgan fingerprint density at radius 1 is 1.00 bits per heavy atom. The number of nitrogens with two attached hydrogens (primary N) is 1. The molecule has 1 unspecified atom stereocenters. The van der Waals surface area contributed by atoms with E-state index in [-0.39, 0.29) is 10.8 Å². The molecule has 0 aliphatic heterocycles. The van der Waals surface area contributed by atoms with Crippen LogP contribution in [0.15, 0.2) is 49.1 Å². The highest BCUT2D eigenvalue weighted by atomic mass is 14.7. The molecule has 2 N–H and O–H groups in total. The van der Waals surface area contributed by atoms with Gasteiger partial charge in [-0.3, -0.25) is 0 Å². The maximum absolute atomic E-state index is 6.98. The molecule has 1 aliphatic carbocycles. The van der Waals surface area contributed by atoms with Crippen LogP contribution in [0.3, 0.4) is 0 Å². The topological polar surface area (TPSA) is 26.0 Å². The summed E-state index contributed by atoms with van der Waals surface area (Å²) in [4.78, 5) is 0. The quantitative estimate of drug-likeness (QED) is 0.615. The summed E-state index contributed by atoms with van der Waals surface area (Å²) in [6.07, 6.45) is 2.98. The first-order valence-electron chi connectivity index (χ1n) is 10.2. The number of aryl methyl sites for hydroxylation is 1. The van der Waals surface area contributed by atoms with Gasteiger partial charge < -0.3 is 5.73 Å². The van der Waals surface area contributed by atoms with Crippen molar-refractivity contribution in [2.45, 2.75) is 78.2 Å². The van der Waals surface area contributed by atoms with Gasteiger partial charge in [0, 0.05) is 0 Å². The summed E-state index contributed by atoms with van der Waals surface area (Å²) in [5, 5.41) is 0. The van der Waals surface area contributed by atoms with E-state index in [2.05, 4.69) is 84.5 Å². The number of hydrogen-bond donors (Lipinski definition) is 1. The SMILES string of the molecule is C=CC(N)(c1ccc(C)cc1)c1cc(C(C)(C)C)cc2c1CC2(C)C.CC. The fourth-order valence-corrected chi connectivity index (χ4v) is 3.91. The third-order valence-corrected chi connectivity index (χ3v) is 5.76. The van der Waals surface area contributed by atoms with Crippen LogP contribution in [0.5, 0.6) is 0 Å². The molecule has 146 valence electrons. The number of fused-ring (bicyclic) bond motifs is 1. The first kappa shape index (κ1) is 21.4. The maximum Gasteiger partial charge on any atom is 0.0852 e. The molecular weight excluding hydrogens is 326 g/mol. The zero-order valence-electron chi connectivity index (χ0n) is 18.5. The highest BCUT2D eigenvalue weighted by Crippen LogP contribution is 2.48. The van der Waals surface area contributed by atoms with Gasteiger partial charge in [0.25, 0.3) is 0 Å². The van der Waals surface area contributed by atoms with E-state index in [0.29, 0.717) is 0 Å². The van der Waals surface area contributed by atoms with Gasteiger partial charge in [-0.1, -0.05) is 96.5 Å². The zero-order valence-corrected chi connectivity index (χ0v) is 18.5. The van der Waals surface area contributed by atoms with Gasteiger partial charge >= 0.3 is 0 Å². The molecular formula is C26H37N. The Morgan fingerprint density at radius 2 is 1.56 bits per heavy atom. The van der Waals surface area contributed by atoms with Crippen LogP contribution in [-0.2, 0) is 22.8 Å². The summed E-state index contributed by atoms with van der Waals surface area (Å²) < 4.78 is 0. The normalized spacial score (nSPS) is 16.9. The van der Waals surface area contributed by atoms with E-state index < -0.39 is 5.54 Å². The Hall–Kier alpha value is -1.86. The van der Waals surface area contributed by atoms with Crippen molar-refractivity contribution in [3.63, 3.8) is 0 Å². The van der Waals surface area contributed by atoms with Gasteiger partial charge in [-0.15, -0.1) is 6.58 Å². The average Bonchev–Trinajstić information content (AvgIpc) is 2.61. The van der Waals surface area contributed by atoms with Gasteiger partial charge in [0.1, 0.15) is 0 Å². The van der Waals surface area contributed by atoms with Gasteiger partial charge in [0.15, 0.2) is 0 Å². The van der Waals surface area contributed by atoms with Crippen molar-refractivity contribution in [2.24, 2.45) is 5.73 Å². The van der Waals surface area contributed by atoms with Crippen molar-refractivity contribution < 1.29 is 0 Å². The van der Waals surface area contributed by atoms with E-state index in [1.807, 2.05) is 19.9 Å². The van der Waals surface area contributed by atoms with Gasteiger partial charge in [0.2, 0.25) is 0 Å². The molecule has 27 heavy (non-hydrogen) atoms. The fourth-order valence-electron chi connectivity index (χ4n) is 3.91. The van der Waals surface area contributed by atoms with Crippen LogP contribution in [-0.4, -0.2) is 0 Å². The predicted molar refractivity (Wildman–Crippen MR) is 120 cm³/mol. The molecule has 1 heteroatoms. The molecule has 0 bridgehead atoms. The largest absolute Gasteiger partial charge is 0.314 e. The minimum Gasteiger partial charge on any atom is -0.314 e. The Morgan fingerprint density at radius 3 is 2.00 bits per heavy atom.